The molecule has 2 aliphatic rings. The summed E-state index contributed by atoms with van der Waals surface area (Å²) in [6, 6.07) is 0. The fourth-order valence-corrected chi connectivity index (χ4v) is 3.31. The van der Waals surface area contributed by atoms with E-state index >= 15 is 0 Å². The summed E-state index contributed by atoms with van der Waals surface area (Å²) >= 11 is 1.47. The number of aromatic nitrogens is 1. The minimum atomic E-state index is -0.444. The fraction of sp³-hybridized carbons (Fsp3) is 0.750. The number of rotatable bonds is 7. The van der Waals surface area contributed by atoms with Crippen molar-refractivity contribution in [1.29, 1.82) is 0 Å². The molecule has 6 nitrogen and oxygen atoms in total. The van der Waals surface area contributed by atoms with Crippen LogP contribution in [-0.4, -0.2) is 67.9 Å². The van der Waals surface area contributed by atoms with Crippen molar-refractivity contribution >= 4 is 22.4 Å². The normalized spacial score (nSPS) is 23.7. The Hall–Kier alpha value is -1.02. The van der Waals surface area contributed by atoms with Gasteiger partial charge in [0, 0.05) is 24.7 Å². The minimum Gasteiger partial charge on any atom is -0.374 e. The van der Waals surface area contributed by atoms with Gasteiger partial charge in [-0.15, -0.1) is 11.3 Å². The summed E-state index contributed by atoms with van der Waals surface area (Å²) in [7, 11) is 2.08. The second-order valence-corrected chi connectivity index (χ2v) is 7.31. The predicted octanol–water partition coefficient (Wildman–Crippen LogP) is 1.62. The van der Waals surface area contributed by atoms with Crippen LogP contribution in [0.15, 0.2) is 11.6 Å². The molecule has 0 radical (unpaired) electrons. The van der Waals surface area contributed by atoms with Crippen LogP contribution < -0.4 is 4.90 Å². The van der Waals surface area contributed by atoms with Gasteiger partial charge in [0.1, 0.15) is 6.10 Å². The maximum Gasteiger partial charge on any atom is 0.257 e. The zero-order valence-electron chi connectivity index (χ0n) is 13.8. The van der Waals surface area contributed by atoms with E-state index in [1.165, 1.54) is 24.2 Å². The summed E-state index contributed by atoms with van der Waals surface area (Å²) in [6.07, 6.45) is 3.74. The number of likely N-dealkylation sites (N-methyl/N-ethyl adjacent to an activating group) is 1. The first kappa shape index (κ1) is 16.8. The highest BCUT2D eigenvalue weighted by Gasteiger charge is 2.30. The topological polar surface area (TPSA) is 54.9 Å². The van der Waals surface area contributed by atoms with Gasteiger partial charge in [-0.1, -0.05) is 0 Å². The van der Waals surface area contributed by atoms with Crippen LogP contribution in [-0.2, 0) is 14.3 Å². The SMILES string of the molecule is C[C@H](OCC1CC1)C(=O)N(C[C@H]1CN(C)CCO1)c1nccs1. The molecule has 7 heteroatoms. The van der Waals surface area contributed by atoms with Gasteiger partial charge >= 0.3 is 0 Å². The second kappa shape index (κ2) is 7.70. The zero-order valence-corrected chi connectivity index (χ0v) is 14.6. The first-order valence-corrected chi connectivity index (χ1v) is 9.14. The van der Waals surface area contributed by atoms with Crippen LogP contribution in [0.1, 0.15) is 19.8 Å². The standard InChI is InChI=1S/C16H25N3O3S/c1-12(22-11-13-3-4-13)15(20)19(16-17-5-8-23-16)10-14-9-18(2)6-7-21-14/h5,8,12-14H,3-4,6-7,9-11H2,1-2H3/t12-,14+/m0/s1. The zero-order chi connectivity index (χ0) is 16.2. The number of morpholine rings is 1. The van der Waals surface area contributed by atoms with Crippen molar-refractivity contribution in [3.63, 3.8) is 0 Å². The molecule has 2 atom stereocenters. The monoisotopic (exact) mass is 339 g/mol. The molecule has 3 rings (SSSR count). The third-order valence-corrected chi connectivity index (χ3v) is 5.07. The lowest BCUT2D eigenvalue weighted by molar-refractivity contribution is -0.130. The molecule has 1 amide bonds. The third kappa shape index (κ3) is 4.73. The maximum atomic E-state index is 12.8. The van der Waals surface area contributed by atoms with Gasteiger partial charge in [-0.05, 0) is 32.7 Å². The molecule has 1 aliphatic carbocycles. The molecule has 2 heterocycles. The average molecular weight is 339 g/mol. The molecule has 0 unspecified atom stereocenters. The molecule has 0 aromatic carbocycles. The van der Waals surface area contributed by atoms with Gasteiger partial charge in [-0.25, -0.2) is 4.98 Å². The number of carbonyl (C=O) groups excluding carboxylic acids is 1. The number of anilines is 1. The molecule has 0 spiro atoms. The minimum absolute atomic E-state index is 0.0113. The van der Waals surface area contributed by atoms with E-state index in [4.69, 9.17) is 9.47 Å². The number of hydrogen-bond acceptors (Lipinski definition) is 6. The van der Waals surface area contributed by atoms with Crippen molar-refractivity contribution in [3.05, 3.63) is 11.6 Å². The lowest BCUT2D eigenvalue weighted by Gasteiger charge is -2.33. The summed E-state index contributed by atoms with van der Waals surface area (Å²) in [5.41, 5.74) is 0. The van der Waals surface area contributed by atoms with Gasteiger partial charge < -0.3 is 14.4 Å². The molecule has 0 N–H and O–H groups in total. The Labute approximate surface area is 141 Å². The Bertz CT molecular complexity index is 507. The van der Waals surface area contributed by atoms with Crippen LogP contribution in [0.3, 0.4) is 0 Å². The van der Waals surface area contributed by atoms with Crippen LogP contribution in [0, 0.1) is 5.92 Å². The summed E-state index contributed by atoms with van der Waals surface area (Å²) in [4.78, 5) is 21.1. The lowest BCUT2D eigenvalue weighted by atomic mass is 10.2. The fourth-order valence-electron chi connectivity index (χ4n) is 2.65. The van der Waals surface area contributed by atoms with Crippen molar-refractivity contribution in [3.8, 4) is 0 Å². The largest absolute Gasteiger partial charge is 0.374 e. The molecule has 23 heavy (non-hydrogen) atoms. The molecule has 1 aromatic heterocycles. The average Bonchev–Trinajstić information content (AvgIpc) is 3.22. The van der Waals surface area contributed by atoms with Crippen molar-refractivity contribution < 1.29 is 14.3 Å². The highest BCUT2D eigenvalue weighted by Crippen LogP contribution is 2.29. The number of thiazole rings is 1. The summed E-state index contributed by atoms with van der Waals surface area (Å²) in [5.74, 6) is 0.617. The van der Waals surface area contributed by atoms with Crippen LogP contribution in [0.4, 0.5) is 5.13 Å². The number of carbonyl (C=O) groups is 1. The van der Waals surface area contributed by atoms with Gasteiger partial charge in [-0.2, -0.15) is 0 Å². The molecule has 128 valence electrons. The summed E-state index contributed by atoms with van der Waals surface area (Å²) in [6.45, 7) is 5.50. The molecule has 1 aromatic rings. The number of ether oxygens (including phenoxy) is 2. The van der Waals surface area contributed by atoms with Crippen LogP contribution in [0.25, 0.3) is 0 Å². The van der Waals surface area contributed by atoms with Crippen molar-refractivity contribution in [2.24, 2.45) is 5.92 Å². The Morgan fingerprint density at radius 2 is 2.43 bits per heavy atom. The molecule has 0 bridgehead atoms. The third-order valence-electron chi connectivity index (χ3n) is 4.27. The Kier molecular flexibility index (Phi) is 5.63. The van der Waals surface area contributed by atoms with Crippen molar-refractivity contribution in [1.82, 2.24) is 9.88 Å². The molecule has 2 fully saturated rings. The number of nitrogens with zero attached hydrogens (tertiary/aromatic N) is 3. The second-order valence-electron chi connectivity index (χ2n) is 6.44. The van der Waals surface area contributed by atoms with E-state index in [0.29, 0.717) is 30.8 Å². The summed E-state index contributed by atoms with van der Waals surface area (Å²) in [5, 5.41) is 2.60. The van der Waals surface area contributed by atoms with E-state index in [-0.39, 0.29) is 12.0 Å². The van der Waals surface area contributed by atoms with Crippen molar-refractivity contribution in [2.45, 2.75) is 32.0 Å². The number of hydrogen-bond donors (Lipinski definition) is 0. The first-order chi connectivity index (χ1) is 11.1. The molecule has 1 saturated carbocycles. The Balaban J connectivity index is 1.63. The van der Waals surface area contributed by atoms with Crippen molar-refractivity contribution in [2.75, 3.05) is 44.8 Å². The van der Waals surface area contributed by atoms with E-state index in [1.54, 1.807) is 11.1 Å². The molecule has 1 aliphatic heterocycles. The molecular weight excluding hydrogens is 314 g/mol. The summed E-state index contributed by atoms with van der Waals surface area (Å²) < 4.78 is 11.6. The smallest absolute Gasteiger partial charge is 0.257 e. The highest BCUT2D eigenvalue weighted by molar-refractivity contribution is 7.13. The Morgan fingerprint density at radius 1 is 1.61 bits per heavy atom. The Morgan fingerprint density at radius 3 is 3.09 bits per heavy atom. The van der Waals surface area contributed by atoms with Crippen LogP contribution in [0.5, 0.6) is 0 Å². The van der Waals surface area contributed by atoms with E-state index in [1.807, 2.05) is 12.3 Å². The molecular formula is C16H25N3O3S. The first-order valence-electron chi connectivity index (χ1n) is 8.26. The van der Waals surface area contributed by atoms with Gasteiger partial charge in [0.25, 0.3) is 5.91 Å². The molecule has 1 saturated heterocycles. The number of amides is 1. The predicted molar refractivity (Wildman–Crippen MR) is 89.8 cm³/mol. The quantitative estimate of drug-likeness (QED) is 0.756. The van der Waals surface area contributed by atoms with Gasteiger partial charge in [0.2, 0.25) is 0 Å². The van der Waals surface area contributed by atoms with Crippen LogP contribution in [0.2, 0.25) is 0 Å². The van der Waals surface area contributed by atoms with Gasteiger partial charge in [-0.3, -0.25) is 9.69 Å². The van der Waals surface area contributed by atoms with E-state index in [0.717, 1.165) is 13.1 Å². The van der Waals surface area contributed by atoms with Gasteiger partial charge in [0.15, 0.2) is 5.13 Å². The highest BCUT2D eigenvalue weighted by atomic mass is 32.1. The van der Waals surface area contributed by atoms with E-state index in [2.05, 4.69) is 16.9 Å². The lowest BCUT2D eigenvalue weighted by Crippen LogP contribution is -2.49. The maximum absolute atomic E-state index is 12.8. The van der Waals surface area contributed by atoms with Crippen LogP contribution >= 0.6 is 11.3 Å². The van der Waals surface area contributed by atoms with E-state index in [9.17, 15) is 4.79 Å². The van der Waals surface area contributed by atoms with Gasteiger partial charge in [0.05, 0.1) is 25.9 Å². The van der Waals surface area contributed by atoms with E-state index < -0.39 is 6.10 Å².